The molecule has 3 N–H and O–H groups in total. The standard InChI is InChI=1S/C7H18NO3.F6P/c1-8(2-5-9,3-6-10)4-7-11;1-7(2,3,4,5)6/h9-11H,2-7H2,1H3;/q+1;-1. The third-order valence-electron chi connectivity index (χ3n) is 1.92. The fraction of sp³-hybridized carbons (Fsp3) is 1.00. The molecule has 0 bridgehead atoms. The van der Waals surface area contributed by atoms with Crippen LogP contribution < -0.4 is 0 Å². The molecule has 4 nitrogen and oxygen atoms in total. The van der Waals surface area contributed by atoms with Crippen LogP contribution in [-0.2, 0) is 0 Å². The van der Waals surface area contributed by atoms with Crippen molar-refractivity contribution in [1.29, 1.82) is 0 Å². The van der Waals surface area contributed by atoms with Gasteiger partial charge in [-0.15, -0.1) is 0 Å². The topological polar surface area (TPSA) is 60.7 Å². The summed E-state index contributed by atoms with van der Waals surface area (Å²) in [5.74, 6) is 0. The van der Waals surface area contributed by atoms with E-state index in [9.17, 15) is 25.2 Å². The molecule has 0 unspecified atom stereocenters. The van der Waals surface area contributed by atoms with E-state index >= 15 is 0 Å². The average molecular weight is 309 g/mol. The minimum absolute atomic E-state index is 0.0938. The number of aliphatic hydroxyl groups is 3. The summed E-state index contributed by atoms with van der Waals surface area (Å²) in [7, 11) is -8.75. The molecule has 0 aromatic heterocycles. The zero-order chi connectivity index (χ0) is 15.2. The van der Waals surface area contributed by atoms with Crippen molar-refractivity contribution >= 4 is 7.81 Å². The number of likely N-dealkylation sites (N-methyl/N-ethyl adjacent to an activating group) is 1. The Morgan fingerprint density at radius 1 is 0.722 bits per heavy atom. The first-order valence-electron chi connectivity index (χ1n) is 4.86. The first kappa shape index (κ1) is 20.2. The van der Waals surface area contributed by atoms with E-state index in [4.69, 9.17) is 15.3 Å². The Balaban J connectivity index is 0. The molecule has 0 aliphatic rings. The van der Waals surface area contributed by atoms with Gasteiger partial charge in [-0.1, -0.05) is 0 Å². The molecule has 11 heteroatoms. The van der Waals surface area contributed by atoms with Crippen LogP contribution in [0.5, 0.6) is 0 Å². The summed E-state index contributed by atoms with van der Waals surface area (Å²) >= 11 is 0. The van der Waals surface area contributed by atoms with Crippen LogP contribution in [0.3, 0.4) is 0 Å². The molecule has 0 saturated carbocycles. The van der Waals surface area contributed by atoms with Gasteiger partial charge in [0.1, 0.15) is 19.6 Å². The average Bonchev–Trinajstić information content (AvgIpc) is 1.98. The van der Waals surface area contributed by atoms with Gasteiger partial charge in [0.2, 0.25) is 0 Å². The summed E-state index contributed by atoms with van der Waals surface area (Å²) in [6.45, 7) is 2.03. The zero-order valence-electron chi connectivity index (χ0n) is 9.75. The second kappa shape index (κ2) is 5.87. The van der Waals surface area contributed by atoms with Crippen LogP contribution in [0.1, 0.15) is 0 Å². The van der Waals surface area contributed by atoms with Crippen LogP contribution in [0.2, 0.25) is 0 Å². The Morgan fingerprint density at radius 3 is 1.00 bits per heavy atom. The van der Waals surface area contributed by atoms with Crippen LogP contribution in [-0.4, -0.2) is 66.3 Å². The zero-order valence-corrected chi connectivity index (χ0v) is 10.6. The van der Waals surface area contributed by atoms with Crippen molar-refractivity contribution in [3.8, 4) is 0 Å². The van der Waals surface area contributed by atoms with Gasteiger partial charge in [-0.3, -0.25) is 0 Å². The molecule has 0 aliphatic heterocycles. The molecule has 0 fully saturated rings. The van der Waals surface area contributed by atoms with Gasteiger partial charge < -0.3 is 19.8 Å². The Kier molecular flexibility index (Phi) is 6.58. The van der Waals surface area contributed by atoms with Crippen molar-refractivity contribution in [2.24, 2.45) is 0 Å². The quantitative estimate of drug-likeness (QED) is 0.398. The Bertz CT molecular complexity index is 214. The molecule has 116 valence electrons. The second-order valence-corrected chi connectivity index (χ2v) is 5.84. The van der Waals surface area contributed by atoms with E-state index in [0.717, 1.165) is 0 Å². The summed E-state index contributed by atoms with van der Waals surface area (Å²) in [6, 6.07) is 0. The van der Waals surface area contributed by atoms with E-state index in [2.05, 4.69) is 0 Å². The van der Waals surface area contributed by atoms with E-state index in [1.807, 2.05) is 7.05 Å². The number of hydrogen-bond acceptors (Lipinski definition) is 3. The monoisotopic (exact) mass is 309 g/mol. The van der Waals surface area contributed by atoms with Gasteiger partial charge in [0.15, 0.2) is 0 Å². The van der Waals surface area contributed by atoms with E-state index in [1.54, 1.807) is 0 Å². The summed E-state index contributed by atoms with van der Waals surface area (Å²) in [5.41, 5.74) is 0. The number of aliphatic hydroxyl groups excluding tert-OH is 3. The first-order valence-corrected chi connectivity index (χ1v) is 6.89. The number of halogens is 6. The fourth-order valence-electron chi connectivity index (χ4n) is 1.06. The van der Waals surface area contributed by atoms with Gasteiger partial charge in [-0.05, 0) is 0 Å². The van der Waals surface area contributed by atoms with Gasteiger partial charge >= 0.3 is 33.0 Å². The van der Waals surface area contributed by atoms with E-state index in [1.165, 1.54) is 0 Å². The van der Waals surface area contributed by atoms with E-state index in [0.29, 0.717) is 24.1 Å². The molecule has 0 aliphatic carbocycles. The molecule has 0 saturated heterocycles. The van der Waals surface area contributed by atoms with E-state index < -0.39 is 7.81 Å². The summed E-state index contributed by atoms with van der Waals surface area (Å²) in [5, 5.41) is 26.0. The molecule has 0 atom stereocenters. The van der Waals surface area contributed by atoms with Crippen molar-refractivity contribution < 1.29 is 45.0 Å². The third kappa shape index (κ3) is 24.9. The van der Waals surface area contributed by atoms with Crippen molar-refractivity contribution in [2.45, 2.75) is 0 Å². The van der Waals surface area contributed by atoms with Crippen LogP contribution in [0.25, 0.3) is 0 Å². The van der Waals surface area contributed by atoms with Gasteiger partial charge in [0.05, 0.1) is 26.9 Å². The Morgan fingerprint density at radius 2 is 0.889 bits per heavy atom. The fourth-order valence-corrected chi connectivity index (χ4v) is 1.06. The van der Waals surface area contributed by atoms with E-state index in [-0.39, 0.29) is 19.8 Å². The van der Waals surface area contributed by atoms with Gasteiger partial charge in [-0.25, -0.2) is 0 Å². The van der Waals surface area contributed by atoms with Gasteiger partial charge in [-0.2, -0.15) is 0 Å². The third-order valence-corrected chi connectivity index (χ3v) is 1.92. The molecule has 0 radical (unpaired) electrons. The van der Waals surface area contributed by atoms with Crippen molar-refractivity contribution in [2.75, 3.05) is 46.5 Å². The van der Waals surface area contributed by atoms with Crippen LogP contribution >= 0.6 is 7.81 Å². The Labute approximate surface area is 100 Å². The molecule has 0 rings (SSSR count). The van der Waals surface area contributed by atoms with Crippen molar-refractivity contribution in [3.05, 3.63) is 0 Å². The maximum absolute atomic E-state index is 10.7. The van der Waals surface area contributed by atoms with Gasteiger partial charge in [0.25, 0.3) is 0 Å². The van der Waals surface area contributed by atoms with Gasteiger partial charge in [0, 0.05) is 0 Å². The molecule has 0 aromatic rings. The molecule has 0 heterocycles. The number of nitrogens with zero attached hydrogens (tertiary/aromatic N) is 1. The normalized spacial score (nSPS) is 16.3. The predicted octanol–water partition coefficient (Wildman–Crippen LogP) is 1.79. The van der Waals surface area contributed by atoms with Crippen LogP contribution in [0.15, 0.2) is 0 Å². The molecule has 0 spiro atoms. The molecular formula is C7H18F6NO3P. The first-order chi connectivity index (χ1) is 7.63. The minimum atomic E-state index is -10.7. The second-order valence-electron chi connectivity index (χ2n) is 3.92. The predicted molar refractivity (Wildman–Crippen MR) is 55.6 cm³/mol. The summed E-state index contributed by atoms with van der Waals surface area (Å²) < 4.78 is 59.7. The number of rotatable bonds is 6. The molecule has 0 aromatic carbocycles. The van der Waals surface area contributed by atoms with Crippen LogP contribution in [0.4, 0.5) is 25.2 Å². The summed E-state index contributed by atoms with van der Waals surface area (Å²) in [6.07, 6.45) is 0. The SMILES string of the molecule is C[N+](CCO)(CCO)CCO.F[P-](F)(F)(F)(F)F. The molecular weight excluding hydrogens is 291 g/mol. The number of hydrogen-bond donors (Lipinski definition) is 3. The number of quaternary nitrogens is 1. The van der Waals surface area contributed by atoms with Crippen LogP contribution in [0, 0.1) is 0 Å². The van der Waals surface area contributed by atoms with Crippen molar-refractivity contribution in [1.82, 2.24) is 0 Å². The Hall–Kier alpha value is -0.150. The molecule has 0 amide bonds. The summed E-state index contributed by atoms with van der Waals surface area (Å²) in [4.78, 5) is 0. The van der Waals surface area contributed by atoms with Crippen molar-refractivity contribution in [3.63, 3.8) is 0 Å². The maximum atomic E-state index is 9.87. The molecule has 18 heavy (non-hydrogen) atoms.